The second-order valence-electron chi connectivity index (χ2n) is 4.42. The van der Waals surface area contributed by atoms with Gasteiger partial charge in [-0.15, -0.1) is 0 Å². The first-order valence-corrected chi connectivity index (χ1v) is 7.57. The molecule has 1 heterocycles. The van der Waals surface area contributed by atoms with E-state index in [-0.39, 0.29) is 4.90 Å². The summed E-state index contributed by atoms with van der Waals surface area (Å²) in [5.41, 5.74) is 2.14. The second kappa shape index (κ2) is 5.56. The van der Waals surface area contributed by atoms with Crippen LogP contribution < -0.4 is 10.5 Å². The van der Waals surface area contributed by atoms with Gasteiger partial charge in [-0.05, 0) is 37.6 Å². The van der Waals surface area contributed by atoms with Gasteiger partial charge in [0.1, 0.15) is 5.82 Å². The molecule has 0 fully saturated rings. The second-order valence-corrected chi connectivity index (χ2v) is 5.95. The number of aromatic nitrogens is 2. The van der Waals surface area contributed by atoms with Crippen molar-refractivity contribution < 1.29 is 8.42 Å². The molecule has 0 aliphatic carbocycles. The number of aryl methyl sites for hydroxylation is 1. The van der Waals surface area contributed by atoms with Gasteiger partial charge in [-0.1, -0.05) is 6.07 Å². The van der Waals surface area contributed by atoms with E-state index >= 15 is 0 Å². The molecule has 1 aromatic carbocycles. The maximum Gasteiger partial charge on any atom is 0.238 e. The van der Waals surface area contributed by atoms with E-state index in [0.29, 0.717) is 23.6 Å². The molecular weight excluding hydrogens is 276 g/mol. The molecule has 2 aromatic rings. The quantitative estimate of drug-likeness (QED) is 0.886. The number of nitrogens with one attached hydrogen (secondary N) is 1. The lowest BCUT2D eigenvalue weighted by atomic mass is 10.2. The number of rotatable bonds is 4. The Hall–Kier alpha value is -1.99. The van der Waals surface area contributed by atoms with Crippen LogP contribution >= 0.6 is 0 Å². The molecule has 0 atom stereocenters. The summed E-state index contributed by atoms with van der Waals surface area (Å²) in [6.07, 6.45) is 1.69. The van der Waals surface area contributed by atoms with Gasteiger partial charge in [0.25, 0.3) is 0 Å². The highest BCUT2D eigenvalue weighted by atomic mass is 32.2. The van der Waals surface area contributed by atoms with Gasteiger partial charge in [-0.3, -0.25) is 0 Å². The van der Waals surface area contributed by atoms with Crippen LogP contribution in [0.2, 0.25) is 0 Å². The highest BCUT2D eigenvalue weighted by Gasteiger charge is 2.13. The van der Waals surface area contributed by atoms with E-state index in [9.17, 15) is 8.42 Å². The van der Waals surface area contributed by atoms with E-state index in [1.165, 1.54) is 6.07 Å². The van der Waals surface area contributed by atoms with Gasteiger partial charge < -0.3 is 5.32 Å². The van der Waals surface area contributed by atoms with Crippen molar-refractivity contribution in [3.8, 4) is 0 Å². The van der Waals surface area contributed by atoms with E-state index in [4.69, 9.17) is 5.14 Å². The lowest BCUT2D eigenvalue weighted by molar-refractivity contribution is 0.597. The molecule has 0 aliphatic rings. The standard InChI is InChI=1S/C13H16N4O2S/c1-9-12(4-3-5-13(9)20(14,18)19)16-8-11-6-7-15-10(2)17-11/h3-7,16H,8H2,1-2H3,(H2,14,18,19). The van der Waals surface area contributed by atoms with Gasteiger partial charge in [0.15, 0.2) is 0 Å². The van der Waals surface area contributed by atoms with Crippen molar-refractivity contribution in [2.75, 3.05) is 5.32 Å². The molecule has 1 aromatic heterocycles. The lowest BCUT2D eigenvalue weighted by Crippen LogP contribution is -2.14. The minimum Gasteiger partial charge on any atom is -0.379 e. The van der Waals surface area contributed by atoms with Crippen LogP contribution in [0.3, 0.4) is 0 Å². The zero-order valence-electron chi connectivity index (χ0n) is 11.3. The van der Waals surface area contributed by atoms with E-state index < -0.39 is 10.0 Å². The highest BCUT2D eigenvalue weighted by Crippen LogP contribution is 2.22. The normalized spacial score (nSPS) is 11.3. The molecule has 3 N–H and O–H groups in total. The van der Waals surface area contributed by atoms with Gasteiger partial charge in [0.05, 0.1) is 17.1 Å². The summed E-state index contributed by atoms with van der Waals surface area (Å²) in [5.74, 6) is 0.694. The fourth-order valence-electron chi connectivity index (χ4n) is 1.90. The number of benzene rings is 1. The van der Waals surface area contributed by atoms with E-state index in [0.717, 1.165) is 5.69 Å². The maximum atomic E-state index is 11.5. The van der Waals surface area contributed by atoms with E-state index in [1.807, 2.05) is 6.92 Å². The maximum absolute atomic E-state index is 11.5. The monoisotopic (exact) mass is 292 g/mol. The molecule has 2 rings (SSSR count). The Morgan fingerprint density at radius 2 is 2.00 bits per heavy atom. The third-order valence-corrected chi connectivity index (χ3v) is 3.94. The van der Waals surface area contributed by atoms with E-state index in [2.05, 4.69) is 15.3 Å². The zero-order chi connectivity index (χ0) is 14.8. The van der Waals surface area contributed by atoms with Crippen molar-refractivity contribution in [3.63, 3.8) is 0 Å². The molecule has 0 aliphatic heterocycles. The third-order valence-electron chi connectivity index (χ3n) is 2.88. The summed E-state index contributed by atoms with van der Waals surface area (Å²) in [6, 6.07) is 6.75. The predicted molar refractivity (Wildman–Crippen MR) is 76.6 cm³/mol. The van der Waals surface area contributed by atoms with Crippen molar-refractivity contribution >= 4 is 15.7 Å². The molecule has 7 heteroatoms. The van der Waals surface area contributed by atoms with Crippen LogP contribution in [0, 0.1) is 13.8 Å². The highest BCUT2D eigenvalue weighted by molar-refractivity contribution is 7.89. The summed E-state index contributed by atoms with van der Waals surface area (Å²) < 4.78 is 22.9. The Morgan fingerprint density at radius 1 is 1.25 bits per heavy atom. The number of hydrogen-bond acceptors (Lipinski definition) is 5. The Balaban J connectivity index is 2.23. The van der Waals surface area contributed by atoms with Crippen LogP contribution in [0.25, 0.3) is 0 Å². The van der Waals surface area contributed by atoms with Crippen LogP contribution in [0.4, 0.5) is 5.69 Å². The Bertz CT molecular complexity index is 729. The fourth-order valence-corrected chi connectivity index (χ4v) is 2.71. The zero-order valence-corrected chi connectivity index (χ0v) is 12.1. The van der Waals surface area contributed by atoms with Crippen molar-refractivity contribution in [1.29, 1.82) is 0 Å². The summed E-state index contributed by atoms with van der Waals surface area (Å²) in [4.78, 5) is 8.42. The molecule has 0 bridgehead atoms. The van der Waals surface area contributed by atoms with Crippen LogP contribution in [0.1, 0.15) is 17.1 Å². The Kier molecular flexibility index (Phi) is 4.01. The number of nitrogens with zero attached hydrogens (tertiary/aromatic N) is 2. The van der Waals surface area contributed by atoms with Crippen LogP contribution in [-0.4, -0.2) is 18.4 Å². The molecule has 0 amide bonds. The lowest BCUT2D eigenvalue weighted by Gasteiger charge is -2.12. The number of nitrogens with two attached hydrogens (primary N) is 1. The van der Waals surface area contributed by atoms with Crippen molar-refractivity contribution in [2.24, 2.45) is 5.14 Å². The molecule has 0 spiro atoms. The Morgan fingerprint density at radius 3 is 2.65 bits per heavy atom. The SMILES string of the molecule is Cc1nccc(CNc2cccc(S(N)(=O)=O)c2C)n1. The molecule has 0 saturated heterocycles. The van der Waals surface area contributed by atoms with Crippen LogP contribution in [0.5, 0.6) is 0 Å². The van der Waals surface area contributed by atoms with Gasteiger partial charge in [-0.25, -0.2) is 23.5 Å². The third kappa shape index (κ3) is 3.31. The topological polar surface area (TPSA) is 98.0 Å². The number of hydrogen-bond donors (Lipinski definition) is 2. The first kappa shape index (κ1) is 14.4. The molecule has 0 unspecified atom stereocenters. The van der Waals surface area contributed by atoms with E-state index in [1.54, 1.807) is 31.3 Å². The van der Waals surface area contributed by atoms with Gasteiger partial charge in [0.2, 0.25) is 10.0 Å². The van der Waals surface area contributed by atoms with Crippen LogP contribution in [0.15, 0.2) is 35.4 Å². The number of primary sulfonamides is 1. The summed E-state index contributed by atoms with van der Waals surface area (Å²) in [7, 11) is -3.71. The Labute approximate surface area is 118 Å². The van der Waals surface area contributed by atoms with Crippen molar-refractivity contribution in [2.45, 2.75) is 25.3 Å². The van der Waals surface area contributed by atoms with Gasteiger partial charge >= 0.3 is 0 Å². The molecule has 0 radical (unpaired) electrons. The average Bonchev–Trinajstić information content (AvgIpc) is 2.36. The van der Waals surface area contributed by atoms with Gasteiger partial charge in [-0.2, -0.15) is 0 Å². The molecular formula is C13H16N4O2S. The summed E-state index contributed by atoms with van der Waals surface area (Å²) in [6.45, 7) is 4.02. The first-order chi connectivity index (χ1) is 9.38. The predicted octanol–water partition coefficient (Wildman–Crippen LogP) is 1.35. The molecule has 20 heavy (non-hydrogen) atoms. The van der Waals surface area contributed by atoms with Crippen LogP contribution in [-0.2, 0) is 16.6 Å². The molecule has 106 valence electrons. The minimum atomic E-state index is -3.71. The average molecular weight is 292 g/mol. The smallest absolute Gasteiger partial charge is 0.238 e. The minimum absolute atomic E-state index is 0.126. The summed E-state index contributed by atoms with van der Waals surface area (Å²) >= 11 is 0. The molecule has 6 nitrogen and oxygen atoms in total. The van der Waals surface area contributed by atoms with Gasteiger partial charge in [0, 0.05) is 11.9 Å². The number of anilines is 1. The van der Waals surface area contributed by atoms with Crippen molar-refractivity contribution in [1.82, 2.24) is 9.97 Å². The molecule has 0 saturated carbocycles. The fraction of sp³-hybridized carbons (Fsp3) is 0.231. The number of sulfonamides is 1. The largest absolute Gasteiger partial charge is 0.379 e. The summed E-state index contributed by atoms with van der Waals surface area (Å²) in [5, 5.41) is 8.34. The first-order valence-electron chi connectivity index (χ1n) is 6.03. The van der Waals surface area contributed by atoms with Crippen molar-refractivity contribution in [3.05, 3.63) is 47.5 Å².